The van der Waals surface area contributed by atoms with E-state index in [0.717, 1.165) is 11.3 Å². The Kier molecular flexibility index (Phi) is 5.51. The first-order chi connectivity index (χ1) is 8.90. The molecule has 0 saturated carbocycles. The van der Waals surface area contributed by atoms with Gasteiger partial charge in [-0.25, -0.2) is 0 Å². The molecule has 3 N–H and O–H groups in total. The van der Waals surface area contributed by atoms with Crippen molar-refractivity contribution >= 4 is 28.4 Å². The zero-order valence-electron chi connectivity index (χ0n) is 11.1. The lowest BCUT2D eigenvalue weighted by Crippen LogP contribution is -2.29. The van der Waals surface area contributed by atoms with Gasteiger partial charge < -0.3 is 10.6 Å². The summed E-state index contributed by atoms with van der Waals surface area (Å²) in [5.74, 6) is -0.374. The molecule has 0 spiro atoms. The van der Waals surface area contributed by atoms with E-state index >= 15 is 0 Å². The van der Waals surface area contributed by atoms with Gasteiger partial charge in [-0.15, -0.1) is 0 Å². The van der Waals surface area contributed by atoms with E-state index in [-0.39, 0.29) is 22.7 Å². The summed E-state index contributed by atoms with van der Waals surface area (Å²) in [4.78, 5) is 15.6. The van der Waals surface area contributed by atoms with E-state index in [4.69, 9.17) is 17.0 Å². The topological polar surface area (TPSA) is 77.9 Å². The Hall–Kier alpha value is -1.88. The summed E-state index contributed by atoms with van der Waals surface area (Å²) < 4.78 is 0. The van der Waals surface area contributed by atoms with Gasteiger partial charge in [-0.3, -0.25) is 15.2 Å². The molecule has 102 valence electrons. The van der Waals surface area contributed by atoms with Crippen molar-refractivity contribution in [2.24, 2.45) is 5.92 Å². The molecular formula is C13H17ClN4O. The maximum atomic E-state index is 11.6. The SMILES string of the molecule is Cc1cncc(N/C=C(/NC(=O)C(C)C)C(=N)Cl)c1. The Morgan fingerprint density at radius 2 is 2.16 bits per heavy atom. The Labute approximate surface area is 117 Å². The zero-order valence-corrected chi connectivity index (χ0v) is 11.9. The molecule has 0 unspecified atom stereocenters. The minimum atomic E-state index is -0.234. The van der Waals surface area contributed by atoms with E-state index in [2.05, 4.69) is 15.6 Å². The number of nitrogens with one attached hydrogen (secondary N) is 3. The number of rotatable bonds is 5. The molecule has 1 aromatic heterocycles. The smallest absolute Gasteiger partial charge is 0.227 e. The van der Waals surface area contributed by atoms with Crippen LogP contribution in [-0.2, 0) is 4.79 Å². The van der Waals surface area contributed by atoms with E-state index in [1.54, 1.807) is 26.2 Å². The predicted molar refractivity (Wildman–Crippen MR) is 77.2 cm³/mol. The molecule has 0 saturated heterocycles. The monoisotopic (exact) mass is 280 g/mol. The van der Waals surface area contributed by atoms with Crippen LogP contribution in [0, 0.1) is 18.3 Å². The third kappa shape index (κ3) is 5.09. The Balaban J connectivity index is 2.79. The van der Waals surface area contributed by atoms with Crippen LogP contribution in [0.5, 0.6) is 0 Å². The summed E-state index contributed by atoms with van der Waals surface area (Å²) in [5, 5.41) is 12.7. The molecule has 6 heteroatoms. The van der Waals surface area contributed by atoms with Crippen molar-refractivity contribution in [3.05, 3.63) is 35.9 Å². The molecule has 0 aliphatic rings. The van der Waals surface area contributed by atoms with E-state index < -0.39 is 0 Å². The number of hydrogen-bond donors (Lipinski definition) is 3. The minimum absolute atomic E-state index is 0.181. The third-order valence-electron chi connectivity index (χ3n) is 2.28. The molecule has 1 amide bonds. The number of carbonyl (C=O) groups excluding carboxylic acids is 1. The first-order valence-electron chi connectivity index (χ1n) is 5.83. The first-order valence-corrected chi connectivity index (χ1v) is 6.21. The highest BCUT2D eigenvalue weighted by Gasteiger charge is 2.11. The molecule has 0 atom stereocenters. The van der Waals surface area contributed by atoms with Crippen molar-refractivity contribution in [2.45, 2.75) is 20.8 Å². The molecule has 5 nitrogen and oxygen atoms in total. The summed E-state index contributed by atoms with van der Waals surface area (Å²) in [6.45, 7) is 5.46. The number of hydrogen-bond acceptors (Lipinski definition) is 4. The highest BCUT2D eigenvalue weighted by molar-refractivity contribution is 6.68. The van der Waals surface area contributed by atoms with E-state index in [0.29, 0.717) is 0 Å². The summed E-state index contributed by atoms with van der Waals surface area (Å²) in [5.41, 5.74) is 1.99. The van der Waals surface area contributed by atoms with Crippen LogP contribution in [0.2, 0.25) is 0 Å². The van der Waals surface area contributed by atoms with Crippen LogP contribution in [0.4, 0.5) is 5.69 Å². The van der Waals surface area contributed by atoms with Gasteiger partial charge in [0.1, 0.15) is 5.17 Å². The molecular weight excluding hydrogens is 264 g/mol. The van der Waals surface area contributed by atoms with Gasteiger partial charge in [0, 0.05) is 18.3 Å². The number of aryl methyl sites for hydroxylation is 1. The molecule has 0 bridgehead atoms. The minimum Gasteiger partial charge on any atom is -0.358 e. The average Bonchev–Trinajstić information content (AvgIpc) is 2.33. The van der Waals surface area contributed by atoms with Gasteiger partial charge in [-0.1, -0.05) is 25.4 Å². The number of anilines is 1. The first kappa shape index (κ1) is 15.2. The van der Waals surface area contributed by atoms with Crippen molar-refractivity contribution in [2.75, 3.05) is 5.32 Å². The lowest BCUT2D eigenvalue weighted by molar-refractivity contribution is -0.123. The van der Waals surface area contributed by atoms with Gasteiger partial charge in [-0.05, 0) is 18.6 Å². The van der Waals surface area contributed by atoms with Gasteiger partial charge in [0.25, 0.3) is 0 Å². The number of allylic oxidation sites excluding steroid dienone is 1. The molecule has 1 aromatic rings. The molecule has 0 fully saturated rings. The number of carbonyl (C=O) groups is 1. The summed E-state index contributed by atoms with van der Waals surface area (Å²) in [6, 6.07) is 1.89. The van der Waals surface area contributed by atoms with Gasteiger partial charge in [-0.2, -0.15) is 0 Å². The molecule has 19 heavy (non-hydrogen) atoms. The van der Waals surface area contributed by atoms with E-state index in [1.807, 2.05) is 13.0 Å². The number of pyridine rings is 1. The Morgan fingerprint density at radius 3 is 2.68 bits per heavy atom. The van der Waals surface area contributed by atoms with Crippen LogP contribution >= 0.6 is 11.6 Å². The molecule has 0 aliphatic heterocycles. The highest BCUT2D eigenvalue weighted by Crippen LogP contribution is 2.08. The van der Waals surface area contributed by atoms with Gasteiger partial charge in [0.2, 0.25) is 5.91 Å². The number of amides is 1. The quantitative estimate of drug-likeness (QED) is 0.726. The van der Waals surface area contributed by atoms with E-state index in [1.165, 1.54) is 6.20 Å². The fourth-order valence-electron chi connectivity index (χ4n) is 1.22. The van der Waals surface area contributed by atoms with Crippen LogP contribution in [0.25, 0.3) is 0 Å². The normalized spacial score (nSPS) is 11.3. The van der Waals surface area contributed by atoms with Crippen molar-refractivity contribution < 1.29 is 4.79 Å². The number of aromatic nitrogens is 1. The number of nitrogens with zero attached hydrogens (tertiary/aromatic N) is 1. The van der Waals surface area contributed by atoms with Crippen LogP contribution in [0.15, 0.2) is 30.4 Å². The molecule has 0 aliphatic carbocycles. The van der Waals surface area contributed by atoms with Crippen molar-refractivity contribution in [1.82, 2.24) is 10.3 Å². The summed E-state index contributed by atoms with van der Waals surface area (Å²) in [7, 11) is 0. The van der Waals surface area contributed by atoms with Crippen LogP contribution in [0.1, 0.15) is 19.4 Å². The summed E-state index contributed by atoms with van der Waals surface area (Å²) >= 11 is 5.63. The second kappa shape index (κ2) is 6.89. The second-order valence-corrected chi connectivity index (χ2v) is 4.79. The molecule has 0 radical (unpaired) electrons. The molecule has 1 heterocycles. The lowest BCUT2D eigenvalue weighted by atomic mass is 10.2. The fraction of sp³-hybridized carbons (Fsp3) is 0.308. The maximum absolute atomic E-state index is 11.6. The van der Waals surface area contributed by atoms with Gasteiger partial charge in [0.15, 0.2) is 0 Å². The third-order valence-corrected chi connectivity index (χ3v) is 2.48. The standard InChI is InChI=1S/C13H17ClN4O/c1-8(2)13(19)18-11(12(14)15)7-17-10-4-9(3)5-16-6-10/h4-8,15,17H,1-3H3,(H,18,19)/b11-7+,15-12?. The van der Waals surface area contributed by atoms with Crippen molar-refractivity contribution in [3.63, 3.8) is 0 Å². The van der Waals surface area contributed by atoms with Crippen molar-refractivity contribution in [1.29, 1.82) is 5.41 Å². The van der Waals surface area contributed by atoms with E-state index in [9.17, 15) is 4.79 Å². The maximum Gasteiger partial charge on any atom is 0.227 e. The molecule has 0 aromatic carbocycles. The van der Waals surface area contributed by atoms with Crippen LogP contribution in [-0.4, -0.2) is 16.1 Å². The van der Waals surface area contributed by atoms with Gasteiger partial charge >= 0.3 is 0 Å². The van der Waals surface area contributed by atoms with Crippen LogP contribution < -0.4 is 10.6 Å². The fourth-order valence-corrected chi connectivity index (χ4v) is 1.32. The van der Waals surface area contributed by atoms with Crippen LogP contribution in [0.3, 0.4) is 0 Å². The predicted octanol–water partition coefficient (Wildman–Crippen LogP) is 2.63. The second-order valence-electron chi connectivity index (χ2n) is 4.41. The molecule has 1 rings (SSSR count). The number of halogens is 1. The average molecular weight is 281 g/mol. The van der Waals surface area contributed by atoms with Crippen molar-refractivity contribution in [3.8, 4) is 0 Å². The highest BCUT2D eigenvalue weighted by atomic mass is 35.5. The largest absolute Gasteiger partial charge is 0.358 e. The van der Waals surface area contributed by atoms with Gasteiger partial charge in [0.05, 0.1) is 17.6 Å². The Morgan fingerprint density at radius 1 is 1.47 bits per heavy atom. The summed E-state index contributed by atoms with van der Waals surface area (Å²) in [6.07, 6.45) is 4.86. The lowest BCUT2D eigenvalue weighted by Gasteiger charge is -2.10. The zero-order chi connectivity index (χ0) is 14.4. The Bertz CT molecular complexity index is 511.